The van der Waals surface area contributed by atoms with Crippen LogP contribution in [0.4, 0.5) is 0 Å². The van der Waals surface area contributed by atoms with Crippen LogP contribution < -0.4 is 0 Å². The predicted octanol–water partition coefficient (Wildman–Crippen LogP) is 7.41. The maximum absolute atomic E-state index is 4.48. The Bertz CT molecular complexity index is 206. The highest BCUT2D eigenvalue weighted by atomic mass is 32.1. The molecule has 0 fully saturated rings. The van der Waals surface area contributed by atoms with Crippen LogP contribution in [-0.2, 0) is 0 Å². The molecule has 134 valence electrons. The normalized spacial score (nSPS) is 11.7. The zero-order valence-corrected chi connectivity index (χ0v) is 16.7. The van der Waals surface area contributed by atoms with Gasteiger partial charge >= 0.3 is 0 Å². The van der Waals surface area contributed by atoms with E-state index in [0.29, 0.717) is 6.04 Å². The minimum absolute atomic E-state index is 0.565. The fourth-order valence-corrected chi connectivity index (χ4v) is 3.04. The fourth-order valence-electron chi connectivity index (χ4n) is 2.90. The summed E-state index contributed by atoms with van der Waals surface area (Å²) >= 11 is 4.48. The molecule has 0 radical (unpaired) electrons. The first-order valence-corrected chi connectivity index (χ1v) is 10.5. The third kappa shape index (κ3) is 16.7. The highest BCUT2D eigenvalue weighted by Crippen LogP contribution is 2.13. The Morgan fingerprint density at radius 2 is 0.909 bits per heavy atom. The number of nitrogens with zero attached hydrogens (tertiary/aromatic N) is 1. The fraction of sp³-hybridized carbons (Fsp3) is 1.00. The Labute approximate surface area is 147 Å². The summed E-state index contributed by atoms with van der Waals surface area (Å²) in [4.78, 5) is 0. The second-order valence-electron chi connectivity index (χ2n) is 7.21. The minimum Gasteiger partial charge on any atom is -0.251 e. The molecule has 0 aromatic carbocycles. The van der Waals surface area contributed by atoms with E-state index >= 15 is 0 Å². The monoisotopic (exact) mass is 329 g/mol. The molecule has 0 heterocycles. The van der Waals surface area contributed by atoms with E-state index in [0.717, 1.165) is 6.54 Å². The van der Waals surface area contributed by atoms with Gasteiger partial charge in [0.05, 0.1) is 0 Å². The quantitative estimate of drug-likeness (QED) is 0.215. The van der Waals surface area contributed by atoms with E-state index in [1.165, 1.54) is 96.3 Å². The molecular formula is C20H43NS. The first-order chi connectivity index (χ1) is 10.7. The molecule has 22 heavy (non-hydrogen) atoms. The van der Waals surface area contributed by atoms with Gasteiger partial charge in [0, 0.05) is 12.6 Å². The molecule has 0 saturated heterocycles. The van der Waals surface area contributed by atoms with E-state index in [9.17, 15) is 0 Å². The molecule has 1 nitrogen and oxygen atoms in total. The van der Waals surface area contributed by atoms with E-state index in [4.69, 9.17) is 0 Å². The maximum atomic E-state index is 4.48. The molecule has 0 aliphatic heterocycles. The number of rotatable bonds is 17. The molecule has 0 aliphatic rings. The van der Waals surface area contributed by atoms with Crippen LogP contribution in [0.25, 0.3) is 0 Å². The van der Waals surface area contributed by atoms with Gasteiger partial charge in [-0.2, -0.15) is 0 Å². The van der Waals surface area contributed by atoms with Crippen molar-refractivity contribution >= 4 is 12.8 Å². The maximum Gasteiger partial charge on any atom is 0.0143 e. The van der Waals surface area contributed by atoms with Gasteiger partial charge in [-0.1, -0.05) is 110 Å². The van der Waals surface area contributed by atoms with E-state index < -0.39 is 0 Å². The second-order valence-corrected chi connectivity index (χ2v) is 7.72. The van der Waals surface area contributed by atoms with Crippen molar-refractivity contribution in [2.45, 2.75) is 123 Å². The van der Waals surface area contributed by atoms with Gasteiger partial charge in [0.1, 0.15) is 0 Å². The molecule has 0 aliphatic carbocycles. The van der Waals surface area contributed by atoms with Gasteiger partial charge in [0.25, 0.3) is 0 Å². The average Bonchev–Trinajstić information content (AvgIpc) is 2.50. The summed E-state index contributed by atoms with van der Waals surface area (Å²) in [6.07, 6.45) is 21.5. The molecule has 0 aromatic heterocycles. The Kier molecular flexibility index (Phi) is 17.9. The molecule has 0 bridgehead atoms. The second kappa shape index (κ2) is 17.7. The highest BCUT2D eigenvalue weighted by molar-refractivity contribution is 7.77. The van der Waals surface area contributed by atoms with Crippen molar-refractivity contribution in [3.05, 3.63) is 0 Å². The molecule has 0 spiro atoms. The molecule has 0 saturated carbocycles. The van der Waals surface area contributed by atoms with Crippen molar-refractivity contribution in [2.24, 2.45) is 0 Å². The van der Waals surface area contributed by atoms with Crippen molar-refractivity contribution in [1.82, 2.24) is 4.31 Å². The van der Waals surface area contributed by atoms with Gasteiger partial charge in [-0.25, -0.2) is 0 Å². The first kappa shape index (κ1) is 22.3. The predicted molar refractivity (Wildman–Crippen MR) is 106 cm³/mol. The van der Waals surface area contributed by atoms with Gasteiger partial charge in [0.15, 0.2) is 0 Å². The molecule has 0 aromatic rings. The summed E-state index contributed by atoms with van der Waals surface area (Å²) in [5.41, 5.74) is 0. The van der Waals surface area contributed by atoms with Crippen LogP contribution in [0, 0.1) is 0 Å². The lowest BCUT2D eigenvalue weighted by Gasteiger charge is -2.18. The number of hydrogen-bond donors (Lipinski definition) is 1. The standard InChI is InChI=1S/C20H43NS/c1-4-5-6-7-8-9-10-11-12-13-14-15-16-17-18-19-21(22)20(2)3/h20,22H,4-19H2,1-3H3. The Morgan fingerprint density at radius 3 is 1.23 bits per heavy atom. The van der Waals surface area contributed by atoms with E-state index in [2.05, 4.69) is 37.9 Å². The van der Waals surface area contributed by atoms with Crippen LogP contribution in [-0.4, -0.2) is 16.9 Å². The average molecular weight is 330 g/mol. The van der Waals surface area contributed by atoms with Crippen LogP contribution in [0.1, 0.15) is 117 Å². The lowest BCUT2D eigenvalue weighted by Crippen LogP contribution is -2.21. The minimum atomic E-state index is 0.565. The third-order valence-corrected chi connectivity index (χ3v) is 5.25. The summed E-state index contributed by atoms with van der Waals surface area (Å²) < 4.78 is 2.16. The lowest BCUT2D eigenvalue weighted by atomic mass is 10.0. The topological polar surface area (TPSA) is 3.24 Å². The van der Waals surface area contributed by atoms with Crippen molar-refractivity contribution in [1.29, 1.82) is 0 Å². The smallest absolute Gasteiger partial charge is 0.0143 e. The largest absolute Gasteiger partial charge is 0.251 e. The van der Waals surface area contributed by atoms with Crippen molar-refractivity contribution < 1.29 is 0 Å². The van der Waals surface area contributed by atoms with Crippen LogP contribution in [0.3, 0.4) is 0 Å². The van der Waals surface area contributed by atoms with E-state index in [1.54, 1.807) is 0 Å². The van der Waals surface area contributed by atoms with Crippen LogP contribution >= 0.6 is 12.8 Å². The number of hydrogen-bond acceptors (Lipinski definition) is 2. The molecule has 0 N–H and O–H groups in total. The van der Waals surface area contributed by atoms with Gasteiger partial charge < -0.3 is 0 Å². The first-order valence-electron chi connectivity index (χ1n) is 10.1. The summed E-state index contributed by atoms with van der Waals surface area (Å²) in [6, 6.07) is 0.565. The van der Waals surface area contributed by atoms with E-state index in [-0.39, 0.29) is 0 Å². The van der Waals surface area contributed by atoms with Crippen LogP contribution in [0.5, 0.6) is 0 Å². The van der Waals surface area contributed by atoms with Crippen molar-refractivity contribution in [2.75, 3.05) is 6.54 Å². The van der Waals surface area contributed by atoms with Gasteiger partial charge in [-0.3, -0.25) is 4.31 Å². The van der Waals surface area contributed by atoms with Crippen LogP contribution in [0.15, 0.2) is 0 Å². The summed E-state index contributed by atoms with van der Waals surface area (Å²) in [5, 5.41) is 0. The van der Waals surface area contributed by atoms with Gasteiger partial charge in [-0.05, 0) is 20.3 Å². The van der Waals surface area contributed by atoms with Gasteiger partial charge in [-0.15, -0.1) is 0 Å². The summed E-state index contributed by atoms with van der Waals surface area (Å²) in [5.74, 6) is 0. The Balaban J connectivity index is 3.03. The number of unbranched alkanes of at least 4 members (excludes halogenated alkanes) is 14. The zero-order valence-electron chi connectivity index (χ0n) is 15.8. The zero-order chi connectivity index (χ0) is 16.5. The van der Waals surface area contributed by atoms with Crippen LogP contribution in [0.2, 0.25) is 0 Å². The summed E-state index contributed by atoms with van der Waals surface area (Å²) in [6.45, 7) is 7.84. The molecular weight excluding hydrogens is 286 g/mol. The Morgan fingerprint density at radius 1 is 0.591 bits per heavy atom. The molecule has 0 amide bonds. The molecule has 0 atom stereocenters. The SMILES string of the molecule is CCCCCCCCCCCCCCCCCN(S)C(C)C. The molecule has 2 heteroatoms. The van der Waals surface area contributed by atoms with Gasteiger partial charge in [0.2, 0.25) is 0 Å². The van der Waals surface area contributed by atoms with Crippen molar-refractivity contribution in [3.8, 4) is 0 Å². The lowest BCUT2D eigenvalue weighted by molar-refractivity contribution is 0.385. The van der Waals surface area contributed by atoms with Crippen molar-refractivity contribution in [3.63, 3.8) is 0 Å². The number of thiol groups is 1. The Hall–Kier alpha value is 0.310. The molecule has 0 unspecified atom stereocenters. The van der Waals surface area contributed by atoms with E-state index in [1.807, 2.05) is 0 Å². The molecule has 0 rings (SSSR count). The highest BCUT2D eigenvalue weighted by Gasteiger charge is 2.02. The third-order valence-electron chi connectivity index (χ3n) is 4.59. The summed E-state index contributed by atoms with van der Waals surface area (Å²) in [7, 11) is 0.